The van der Waals surface area contributed by atoms with Crippen LogP contribution < -0.4 is 10.6 Å². The predicted octanol–water partition coefficient (Wildman–Crippen LogP) is 1.85. The van der Waals surface area contributed by atoms with Crippen molar-refractivity contribution in [2.75, 3.05) is 13.2 Å². The molecule has 2 N–H and O–H groups in total. The van der Waals surface area contributed by atoms with Crippen LogP contribution in [0.5, 0.6) is 0 Å². The van der Waals surface area contributed by atoms with Crippen molar-refractivity contribution in [2.45, 2.75) is 43.9 Å². The molecule has 0 radical (unpaired) electrons. The molecule has 5 heteroatoms. The molecule has 2 fully saturated rings. The van der Waals surface area contributed by atoms with Crippen LogP contribution in [0.2, 0.25) is 0 Å². The number of halogens is 1. The monoisotopic (exact) mass is 310 g/mol. The summed E-state index contributed by atoms with van der Waals surface area (Å²) in [6.45, 7) is 3.38. The van der Waals surface area contributed by atoms with Crippen LogP contribution in [0.15, 0.2) is 30.3 Å². The van der Waals surface area contributed by atoms with Gasteiger partial charge in [-0.15, -0.1) is 12.4 Å². The topological polar surface area (TPSA) is 50.4 Å². The van der Waals surface area contributed by atoms with E-state index in [1.807, 2.05) is 13.0 Å². The minimum atomic E-state index is -0.209. The van der Waals surface area contributed by atoms with Gasteiger partial charge in [-0.3, -0.25) is 4.79 Å². The fourth-order valence-electron chi connectivity index (χ4n) is 3.05. The van der Waals surface area contributed by atoms with E-state index < -0.39 is 0 Å². The molecule has 1 saturated heterocycles. The molecule has 3 rings (SSSR count). The van der Waals surface area contributed by atoms with Crippen molar-refractivity contribution in [1.82, 2.24) is 10.6 Å². The van der Waals surface area contributed by atoms with Crippen LogP contribution >= 0.6 is 12.4 Å². The number of hydrogen-bond donors (Lipinski definition) is 2. The molecule has 0 spiro atoms. The lowest BCUT2D eigenvalue weighted by Gasteiger charge is -2.38. The third kappa shape index (κ3) is 3.76. The minimum Gasteiger partial charge on any atom is -0.375 e. The van der Waals surface area contributed by atoms with Crippen LogP contribution in [-0.4, -0.2) is 37.2 Å². The van der Waals surface area contributed by atoms with Crippen molar-refractivity contribution in [3.8, 4) is 0 Å². The molecule has 116 valence electrons. The van der Waals surface area contributed by atoms with Gasteiger partial charge in [-0.05, 0) is 31.2 Å². The van der Waals surface area contributed by atoms with Gasteiger partial charge in [0.1, 0.15) is 6.04 Å². The molecule has 1 aliphatic carbocycles. The highest BCUT2D eigenvalue weighted by Crippen LogP contribution is 2.36. The van der Waals surface area contributed by atoms with Crippen molar-refractivity contribution in [1.29, 1.82) is 0 Å². The summed E-state index contributed by atoms with van der Waals surface area (Å²) in [6, 6.07) is 10.6. The summed E-state index contributed by atoms with van der Waals surface area (Å²) < 4.78 is 5.51. The van der Waals surface area contributed by atoms with E-state index in [2.05, 4.69) is 34.9 Å². The van der Waals surface area contributed by atoms with Gasteiger partial charge < -0.3 is 15.4 Å². The van der Waals surface area contributed by atoms with Gasteiger partial charge in [-0.1, -0.05) is 30.3 Å². The van der Waals surface area contributed by atoms with Gasteiger partial charge in [0.05, 0.1) is 12.7 Å². The van der Waals surface area contributed by atoms with Crippen LogP contribution in [0.3, 0.4) is 0 Å². The lowest BCUT2D eigenvalue weighted by molar-refractivity contribution is -0.130. The standard InChI is InChI=1S/C16H22N2O2.ClH/c1-11-15(17-7-8-20-11)16(19)18-14-9-13(10-14)12-5-3-2-4-6-12;/h2-6,11,13-15,17H,7-10H2,1H3,(H,18,19);1H/t11-,13?,14?,15+;/m1./s1. The average molecular weight is 311 g/mol. The lowest BCUT2D eigenvalue weighted by Crippen LogP contribution is -2.58. The molecule has 1 saturated carbocycles. The summed E-state index contributed by atoms with van der Waals surface area (Å²) >= 11 is 0. The molecule has 0 unspecified atom stereocenters. The van der Waals surface area contributed by atoms with Gasteiger partial charge in [0, 0.05) is 12.6 Å². The zero-order valence-corrected chi connectivity index (χ0v) is 13.1. The molecular weight excluding hydrogens is 288 g/mol. The Hall–Kier alpha value is -1.10. The fraction of sp³-hybridized carbons (Fsp3) is 0.562. The molecule has 0 bridgehead atoms. The Balaban J connectivity index is 0.00000161. The number of ether oxygens (including phenoxy) is 1. The highest BCUT2D eigenvalue weighted by atomic mass is 35.5. The largest absolute Gasteiger partial charge is 0.375 e. The number of hydrogen-bond acceptors (Lipinski definition) is 3. The summed E-state index contributed by atoms with van der Waals surface area (Å²) in [5, 5.41) is 6.36. The van der Waals surface area contributed by atoms with E-state index >= 15 is 0 Å². The van der Waals surface area contributed by atoms with E-state index in [1.54, 1.807) is 0 Å². The van der Waals surface area contributed by atoms with E-state index in [-0.39, 0.29) is 30.5 Å². The highest BCUT2D eigenvalue weighted by molar-refractivity contribution is 5.85. The van der Waals surface area contributed by atoms with Crippen LogP contribution in [0.25, 0.3) is 0 Å². The number of nitrogens with one attached hydrogen (secondary N) is 2. The zero-order valence-electron chi connectivity index (χ0n) is 12.2. The highest BCUT2D eigenvalue weighted by Gasteiger charge is 2.35. The molecule has 1 amide bonds. The molecule has 21 heavy (non-hydrogen) atoms. The Kier molecular flexibility index (Phi) is 5.62. The fourth-order valence-corrected chi connectivity index (χ4v) is 3.05. The third-order valence-electron chi connectivity index (χ3n) is 4.35. The van der Waals surface area contributed by atoms with Crippen molar-refractivity contribution >= 4 is 18.3 Å². The first kappa shape index (κ1) is 16.3. The Morgan fingerprint density at radius 2 is 2.00 bits per heavy atom. The van der Waals surface area contributed by atoms with Crippen molar-refractivity contribution in [2.24, 2.45) is 0 Å². The summed E-state index contributed by atoms with van der Waals surface area (Å²) in [6.07, 6.45) is 2.03. The number of amides is 1. The van der Waals surface area contributed by atoms with Crippen molar-refractivity contribution in [3.63, 3.8) is 0 Å². The third-order valence-corrected chi connectivity index (χ3v) is 4.35. The van der Waals surface area contributed by atoms with Gasteiger partial charge in [-0.25, -0.2) is 0 Å². The molecule has 2 aliphatic rings. The number of rotatable bonds is 3. The number of carbonyl (C=O) groups is 1. The number of benzene rings is 1. The zero-order chi connectivity index (χ0) is 13.9. The van der Waals surface area contributed by atoms with Gasteiger partial charge in [-0.2, -0.15) is 0 Å². The van der Waals surface area contributed by atoms with E-state index in [4.69, 9.17) is 4.74 Å². The molecule has 4 nitrogen and oxygen atoms in total. The maximum absolute atomic E-state index is 12.2. The smallest absolute Gasteiger partial charge is 0.240 e. The van der Waals surface area contributed by atoms with Crippen LogP contribution in [0.4, 0.5) is 0 Å². The maximum atomic E-state index is 12.2. The van der Waals surface area contributed by atoms with Crippen LogP contribution in [0.1, 0.15) is 31.2 Å². The molecule has 2 atom stereocenters. The second kappa shape index (κ2) is 7.25. The summed E-state index contributed by atoms with van der Waals surface area (Å²) in [7, 11) is 0. The van der Waals surface area contributed by atoms with Crippen LogP contribution in [-0.2, 0) is 9.53 Å². The Labute approximate surface area is 132 Å². The lowest BCUT2D eigenvalue weighted by atomic mass is 9.76. The van der Waals surface area contributed by atoms with E-state index in [1.165, 1.54) is 5.56 Å². The Bertz CT molecular complexity index is 463. The summed E-state index contributed by atoms with van der Waals surface area (Å²) in [5.41, 5.74) is 1.38. The van der Waals surface area contributed by atoms with Crippen LogP contribution in [0, 0.1) is 0 Å². The second-order valence-corrected chi connectivity index (χ2v) is 5.79. The molecule has 0 aromatic heterocycles. The molecule has 1 aliphatic heterocycles. The predicted molar refractivity (Wildman–Crippen MR) is 84.8 cm³/mol. The van der Waals surface area contributed by atoms with Crippen molar-refractivity contribution < 1.29 is 9.53 Å². The van der Waals surface area contributed by atoms with Gasteiger partial charge in [0.25, 0.3) is 0 Å². The van der Waals surface area contributed by atoms with E-state index in [0.29, 0.717) is 18.6 Å². The Morgan fingerprint density at radius 1 is 1.29 bits per heavy atom. The first-order chi connectivity index (χ1) is 9.74. The molecule has 1 aromatic rings. The summed E-state index contributed by atoms with van der Waals surface area (Å²) in [4.78, 5) is 12.2. The van der Waals surface area contributed by atoms with Gasteiger partial charge in [0.15, 0.2) is 0 Å². The first-order valence-corrected chi connectivity index (χ1v) is 7.44. The molecule has 1 aromatic carbocycles. The second-order valence-electron chi connectivity index (χ2n) is 5.79. The quantitative estimate of drug-likeness (QED) is 0.896. The maximum Gasteiger partial charge on any atom is 0.240 e. The Morgan fingerprint density at radius 3 is 2.67 bits per heavy atom. The average Bonchev–Trinajstić information content (AvgIpc) is 2.43. The molecular formula is C16H23ClN2O2. The minimum absolute atomic E-state index is 0. The van der Waals surface area contributed by atoms with Crippen molar-refractivity contribution in [3.05, 3.63) is 35.9 Å². The number of morpholine rings is 1. The number of carbonyl (C=O) groups excluding carboxylic acids is 1. The SMILES string of the molecule is C[C@H]1OCCN[C@@H]1C(=O)NC1CC(c2ccccc2)C1.Cl. The molecule has 1 heterocycles. The summed E-state index contributed by atoms with van der Waals surface area (Å²) in [5.74, 6) is 0.670. The van der Waals surface area contributed by atoms with E-state index in [9.17, 15) is 4.79 Å². The van der Waals surface area contributed by atoms with Gasteiger partial charge in [0.2, 0.25) is 5.91 Å². The van der Waals surface area contributed by atoms with Gasteiger partial charge >= 0.3 is 0 Å². The van der Waals surface area contributed by atoms with E-state index in [0.717, 1.165) is 19.4 Å². The normalized spacial score (nSPS) is 31.7. The first-order valence-electron chi connectivity index (χ1n) is 7.44.